The van der Waals surface area contributed by atoms with Crippen molar-refractivity contribution in [3.63, 3.8) is 0 Å². The molecule has 25 heavy (non-hydrogen) atoms. The largest absolute Gasteiger partial charge is 0.465 e. The van der Waals surface area contributed by atoms with Crippen LogP contribution >= 0.6 is 11.6 Å². The molecule has 2 aromatic rings. The van der Waals surface area contributed by atoms with E-state index < -0.39 is 11.9 Å². The minimum Gasteiger partial charge on any atom is -0.465 e. The minimum absolute atomic E-state index is 0.175. The third kappa shape index (κ3) is 3.80. The van der Waals surface area contributed by atoms with Crippen molar-refractivity contribution >= 4 is 34.9 Å². The molecular weight excluding hydrogens is 344 g/mol. The Morgan fingerprint density at radius 2 is 2.00 bits per heavy atom. The van der Waals surface area contributed by atoms with Gasteiger partial charge in [0.25, 0.3) is 5.91 Å². The van der Waals surface area contributed by atoms with Crippen molar-refractivity contribution in [2.75, 3.05) is 12.4 Å². The van der Waals surface area contributed by atoms with Crippen LogP contribution in [0.3, 0.4) is 0 Å². The molecule has 0 aliphatic carbocycles. The van der Waals surface area contributed by atoms with Crippen molar-refractivity contribution in [1.29, 1.82) is 0 Å². The maximum Gasteiger partial charge on any atom is 0.339 e. The second-order valence-electron chi connectivity index (χ2n) is 5.39. The zero-order valence-electron chi connectivity index (χ0n) is 13.4. The Hall–Kier alpha value is -2.86. The van der Waals surface area contributed by atoms with Gasteiger partial charge in [-0.25, -0.2) is 4.79 Å². The normalized spacial score (nSPS) is 15.9. The summed E-state index contributed by atoms with van der Waals surface area (Å²) in [4.78, 5) is 29.4. The van der Waals surface area contributed by atoms with E-state index in [-0.39, 0.29) is 22.4 Å². The number of ether oxygens (including phenoxy) is 1. The molecule has 0 fully saturated rings. The molecule has 0 saturated heterocycles. The van der Waals surface area contributed by atoms with Crippen molar-refractivity contribution in [3.8, 4) is 0 Å². The molecule has 0 spiro atoms. The summed E-state index contributed by atoms with van der Waals surface area (Å²) in [5, 5.41) is 6.80. The van der Waals surface area contributed by atoms with Crippen LogP contribution in [0.15, 0.2) is 53.7 Å². The molecular formula is C18H15ClN2O4. The number of amides is 1. The quantitative estimate of drug-likeness (QED) is 0.847. The standard InChI is InChI=1S/C18H15ClN2O4/c1-24-18(23)13-9-12(7-8-14(13)19)20-17(22)15-10-16(25-21-15)11-5-3-2-4-6-11/h2-9,16H,10H2,1H3,(H,20,22). The van der Waals surface area contributed by atoms with Crippen LogP contribution in [-0.2, 0) is 14.4 Å². The van der Waals surface area contributed by atoms with Gasteiger partial charge in [-0.1, -0.05) is 47.1 Å². The number of anilines is 1. The summed E-state index contributed by atoms with van der Waals surface area (Å²) >= 11 is 5.96. The topological polar surface area (TPSA) is 77.0 Å². The fourth-order valence-corrected chi connectivity index (χ4v) is 2.63. The third-order valence-electron chi connectivity index (χ3n) is 3.73. The number of oxime groups is 1. The van der Waals surface area contributed by atoms with E-state index in [1.54, 1.807) is 6.07 Å². The van der Waals surface area contributed by atoms with Crippen molar-refractivity contribution < 1.29 is 19.2 Å². The van der Waals surface area contributed by atoms with Crippen LogP contribution in [0.2, 0.25) is 5.02 Å². The molecule has 3 rings (SSSR count). The molecule has 0 bridgehead atoms. The molecule has 0 aromatic heterocycles. The molecule has 1 heterocycles. The van der Waals surface area contributed by atoms with E-state index in [2.05, 4.69) is 15.2 Å². The van der Waals surface area contributed by atoms with Gasteiger partial charge in [-0.3, -0.25) is 4.79 Å². The molecule has 7 heteroatoms. The van der Waals surface area contributed by atoms with E-state index in [1.165, 1.54) is 19.2 Å². The van der Waals surface area contributed by atoms with Crippen LogP contribution in [0.5, 0.6) is 0 Å². The second-order valence-corrected chi connectivity index (χ2v) is 5.79. The van der Waals surface area contributed by atoms with Gasteiger partial charge in [-0.2, -0.15) is 0 Å². The summed E-state index contributed by atoms with van der Waals surface area (Å²) in [6, 6.07) is 14.1. The number of rotatable bonds is 4. The summed E-state index contributed by atoms with van der Waals surface area (Å²) in [7, 11) is 1.26. The van der Waals surface area contributed by atoms with Crippen LogP contribution in [-0.4, -0.2) is 24.7 Å². The Morgan fingerprint density at radius 1 is 1.24 bits per heavy atom. The van der Waals surface area contributed by atoms with E-state index in [1.807, 2.05) is 30.3 Å². The average Bonchev–Trinajstić information content (AvgIpc) is 3.14. The Bertz CT molecular complexity index is 836. The fraction of sp³-hybridized carbons (Fsp3) is 0.167. The number of esters is 1. The molecule has 1 N–H and O–H groups in total. The first-order valence-electron chi connectivity index (χ1n) is 7.55. The molecule has 1 aliphatic rings. The van der Waals surface area contributed by atoms with Crippen LogP contribution < -0.4 is 5.32 Å². The molecule has 1 unspecified atom stereocenters. The molecule has 1 atom stereocenters. The first kappa shape index (κ1) is 17.0. The summed E-state index contributed by atoms with van der Waals surface area (Å²) in [5.41, 5.74) is 1.83. The number of methoxy groups -OCH3 is 1. The number of nitrogens with zero attached hydrogens (tertiary/aromatic N) is 1. The lowest BCUT2D eigenvalue weighted by atomic mass is 10.0. The molecule has 0 radical (unpaired) electrons. The smallest absolute Gasteiger partial charge is 0.339 e. The van der Waals surface area contributed by atoms with E-state index in [0.717, 1.165) is 5.56 Å². The second kappa shape index (κ2) is 7.36. The zero-order chi connectivity index (χ0) is 17.8. The van der Waals surface area contributed by atoms with Gasteiger partial charge in [-0.05, 0) is 23.8 Å². The van der Waals surface area contributed by atoms with Crippen LogP contribution in [0, 0.1) is 0 Å². The number of carbonyl (C=O) groups is 2. The zero-order valence-corrected chi connectivity index (χ0v) is 14.1. The molecule has 6 nitrogen and oxygen atoms in total. The highest BCUT2D eigenvalue weighted by atomic mass is 35.5. The summed E-state index contributed by atoms with van der Waals surface area (Å²) in [6.45, 7) is 0. The Labute approximate surface area is 149 Å². The summed E-state index contributed by atoms with van der Waals surface area (Å²) in [5.74, 6) is -0.969. The predicted octanol–water partition coefficient (Wildman–Crippen LogP) is 3.58. The van der Waals surface area contributed by atoms with E-state index in [0.29, 0.717) is 12.1 Å². The number of hydrogen-bond acceptors (Lipinski definition) is 5. The minimum atomic E-state index is -0.577. The molecule has 0 saturated carbocycles. The number of carbonyl (C=O) groups excluding carboxylic acids is 2. The number of halogens is 1. The highest BCUT2D eigenvalue weighted by Crippen LogP contribution is 2.27. The van der Waals surface area contributed by atoms with Gasteiger partial charge >= 0.3 is 5.97 Å². The monoisotopic (exact) mass is 358 g/mol. The average molecular weight is 359 g/mol. The number of hydrogen-bond donors (Lipinski definition) is 1. The lowest BCUT2D eigenvalue weighted by molar-refractivity contribution is -0.110. The van der Waals surface area contributed by atoms with Crippen molar-refractivity contribution in [2.45, 2.75) is 12.5 Å². The molecule has 1 amide bonds. The van der Waals surface area contributed by atoms with Crippen LogP contribution in [0.1, 0.15) is 28.4 Å². The van der Waals surface area contributed by atoms with Gasteiger partial charge < -0.3 is 14.9 Å². The van der Waals surface area contributed by atoms with E-state index in [9.17, 15) is 9.59 Å². The first-order chi connectivity index (χ1) is 12.1. The number of nitrogens with one attached hydrogen (secondary N) is 1. The first-order valence-corrected chi connectivity index (χ1v) is 7.93. The Kier molecular flexibility index (Phi) is 5.00. The molecule has 1 aliphatic heterocycles. The van der Waals surface area contributed by atoms with Gasteiger partial charge in [0.05, 0.1) is 17.7 Å². The lowest BCUT2D eigenvalue weighted by Gasteiger charge is -2.08. The summed E-state index contributed by atoms with van der Waals surface area (Å²) in [6.07, 6.45) is 0.0885. The van der Waals surface area contributed by atoms with Crippen molar-refractivity contribution in [3.05, 3.63) is 64.7 Å². The third-order valence-corrected chi connectivity index (χ3v) is 4.06. The fourth-order valence-electron chi connectivity index (χ4n) is 2.43. The van der Waals surface area contributed by atoms with Crippen LogP contribution in [0.4, 0.5) is 5.69 Å². The van der Waals surface area contributed by atoms with E-state index in [4.69, 9.17) is 16.4 Å². The highest BCUT2D eigenvalue weighted by Gasteiger charge is 2.27. The predicted molar refractivity (Wildman–Crippen MR) is 93.7 cm³/mol. The van der Waals surface area contributed by atoms with Crippen molar-refractivity contribution in [2.24, 2.45) is 5.16 Å². The lowest BCUT2D eigenvalue weighted by Crippen LogP contribution is -2.22. The molecule has 2 aromatic carbocycles. The highest BCUT2D eigenvalue weighted by molar-refractivity contribution is 6.43. The van der Waals surface area contributed by atoms with Gasteiger partial charge in [0.15, 0.2) is 6.10 Å². The maximum absolute atomic E-state index is 12.4. The Morgan fingerprint density at radius 3 is 2.72 bits per heavy atom. The Balaban J connectivity index is 1.68. The van der Waals surface area contributed by atoms with Gasteiger partial charge in [0, 0.05) is 12.1 Å². The van der Waals surface area contributed by atoms with Gasteiger partial charge in [0.2, 0.25) is 0 Å². The SMILES string of the molecule is COC(=O)c1cc(NC(=O)C2=NOC(c3ccccc3)C2)ccc1Cl. The molecule has 128 valence electrons. The van der Waals surface area contributed by atoms with Gasteiger partial charge in [0.1, 0.15) is 5.71 Å². The van der Waals surface area contributed by atoms with Gasteiger partial charge in [-0.15, -0.1) is 0 Å². The number of benzene rings is 2. The van der Waals surface area contributed by atoms with E-state index >= 15 is 0 Å². The van der Waals surface area contributed by atoms with Crippen molar-refractivity contribution in [1.82, 2.24) is 0 Å². The summed E-state index contributed by atoms with van der Waals surface area (Å²) < 4.78 is 4.66. The van der Waals surface area contributed by atoms with Crippen LogP contribution in [0.25, 0.3) is 0 Å². The maximum atomic E-state index is 12.4.